The highest BCUT2D eigenvalue weighted by molar-refractivity contribution is 7.99. The van der Waals surface area contributed by atoms with Crippen molar-refractivity contribution in [2.75, 3.05) is 18.1 Å². The molecule has 9 nitrogen and oxygen atoms in total. The van der Waals surface area contributed by atoms with Gasteiger partial charge in [0.05, 0.1) is 34.8 Å². The standard InChI is InChI=1S/C37H42FN5O4S2/c1-6-47-31(44)19-24-22-40-29-21-28(38)33-27(32(24)29)14-18-49(45,46)23-36(2,3)15-10-16-37(4,25-11-8-7-9-12-25)35-41-34(43(5)42-35)30-20-26(48-33)13-17-39-30/h7-9,11-13,17,20-22,40H,6,10,14-16,18-19,23H2,1-5H3/t37-/m1/s1. The fourth-order valence-electron chi connectivity index (χ4n) is 6.92. The smallest absolute Gasteiger partial charge is 0.310 e. The molecular weight excluding hydrogens is 662 g/mol. The first-order valence-corrected chi connectivity index (χ1v) is 19.2. The third-order valence-corrected chi connectivity index (χ3v) is 12.5. The second-order valence-corrected chi connectivity index (χ2v) is 17.1. The van der Waals surface area contributed by atoms with Gasteiger partial charge in [0.15, 0.2) is 21.5 Å². The lowest BCUT2D eigenvalue weighted by Gasteiger charge is -2.30. The Hall–Kier alpha value is -4.03. The number of carbonyl (C=O) groups excluding carboxylic acids is 1. The summed E-state index contributed by atoms with van der Waals surface area (Å²) in [5.74, 6) is 0.185. The molecule has 0 saturated heterocycles. The minimum Gasteiger partial charge on any atom is -0.466 e. The Kier molecular flexibility index (Phi) is 9.74. The molecule has 5 aromatic rings. The summed E-state index contributed by atoms with van der Waals surface area (Å²) in [6.07, 6.45) is 5.53. The largest absolute Gasteiger partial charge is 0.466 e. The number of sulfone groups is 1. The molecule has 0 saturated carbocycles. The van der Waals surface area contributed by atoms with Crippen molar-refractivity contribution in [3.05, 3.63) is 89.3 Å². The van der Waals surface area contributed by atoms with Crippen molar-refractivity contribution >= 4 is 38.5 Å². The predicted octanol–water partition coefficient (Wildman–Crippen LogP) is 7.23. The number of rotatable bonds is 4. The van der Waals surface area contributed by atoms with Crippen LogP contribution in [0.5, 0.6) is 0 Å². The maximum absolute atomic E-state index is 16.1. The Morgan fingerprint density at radius 2 is 1.90 bits per heavy atom. The molecule has 1 atom stereocenters. The van der Waals surface area contributed by atoms with Gasteiger partial charge in [-0.1, -0.05) is 62.4 Å². The van der Waals surface area contributed by atoms with Gasteiger partial charge in [0.25, 0.3) is 0 Å². The normalized spacial score (nSPS) is 19.5. The lowest BCUT2D eigenvalue weighted by atomic mass is 9.75. The number of aromatic nitrogens is 5. The maximum atomic E-state index is 16.1. The number of nitrogens with zero attached hydrogens (tertiary/aromatic N) is 4. The number of fused-ring (bicyclic) bond motifs is 8. The van der Waals surface area contributed by atoms with Crippen molar-refractivity contribution in [2.24, 2.45) is 12.5 Å². The number of aryl methyl sites for hydroxylation is 2. The third-order valence-electron chi connectivity index (χ3n) is 9.35. The molecule has 4 heterocycles. The molecule has 49 heavy (non-hydrogen) atoms. The lowest BCUT2D eigenvalue weighted by molar-refractivity contribution is -0.142. The number of benzene rings is 2. The van der Waals surface area contributed by atoms with Crippen molar-refractivity contribution < 1.29 is 22.3 Å². The van der Waals surface area contributed by atoms with Gasteiger partial charge in [-0.15, -0.1) is 0 Å². The molecule has 12 heteroatoms. The number of hydrogen-bond donors (Lipinski definition) is 1. The average molecular weight is 704 g/mol. The summed E-state index contributed by atoms with van der Waals surface area (Å²) in [7, 11) is -1.72. The van der Waals surface area contributed by atoms with E-state index in [4.69, 9.17) is 14.8 Å². The number of pyridine rings is 1. The van der Waals surface area contributed by atoms with E-state index in [-0.39, 0.29) is 31.0 Å². The van der Waals surface area contributed by atoms with Gasteiger partial charge < -0.3 is 9.72 Å². The van der Waals surface area contributed by atoms with Crippen LogP contribution in [0.4, 0.5) is 4.39 Å². The molecule has 1 N–H and O–H groups in total. The van der Waals surface area contributed by atoms with Gasteiger partial charge >= 0.3 is 5.97 Å². The van der Waals surface area contributed by atoms with Gasteiger partial charge in [-0.05, 0) is 73.4 Å². The summed E-state index contributed by atoms with van der Waals surface area (Å²) >= 11 is 1.20. The van der Waals surface area contributed by atoms with Gasteiger partial charge in [0.1, 0.15) is 11.5 Å². The fourth-order valence-corrected chi connectivity index (χ4v) is 9.94. The Labute approximate surface area is 291 Å². The van der Waals surface area contributed by atoms with Crippen LogP contribution < -0.4 is 0 Å². The zero-order valence-corrected chi connectivity index (χ0v) is 30.2. The highest BCUT2D eigenvalue weighted by atomic mass is 32.2. The first-order valence-electron chi connectivity index (χ1n) is 16.6. The summed E-state index contributed by atoms with van der Waals surface area (Å²) in [6, 6.07) is 15.2. The first kappa shape index (κ1) is 34.8. The second-order valence-electron chi connectivity index (χ2n) is 13.8. The van der Waals surface area contributed by atoms with Gasteiger partial charge in [-0.25, -0.2) is 22.5 Å². The summed E-state index contributed by atoms with van der Waals surface area (Å²) in [6.45, 7) is 8.10. The zero-order valence-electron chi connectivity index (χ0n) is 28.5. The van der Waals surface area contributed by atoms with E-state index in [0.29, 0.717) is 62.0 Å². The molecular formula is C37H42FN5O4S2. The summed E-state index contributed by atoms with van der Waals surface area (Å²) < 4.78 is 50.6. The molecule has 3 aromatic heterocycles. The van der Waals surface area contributed by atoms with E-state index < -0.39 is 32.5 Å². The van der Waals surface area contributed by atoms with Crippen LogP contribution in [0.25, 0.3) is 22.4 Å². The number of hydrogen-bond acceptors (Lipinski definition) is 8. The van der Waals surface area contributed by atoms with Gasteiger partial charge in [0.2, 0.25) is 0 Å². The van der Waals surface area contributed by atoms with E-state index in [9.17, 15) is 13.2 Å². The number of esters is 1. The van der Waals surface area contributed by atoms with Crippen LogP contribution in [0.1, 0.15) is 69.5 Å². The van der Waals surface area contributed by atoms with E-state index in [1.165, 1.54) is 17.8 Å². The molecule has 0 spiro atoms. The van der Waals surface area contributed by atoms with Gasteiger partial charge in [-0.3, -0.25) is 9.78 Å². The maximum Gasteiger partial charge on any atom is 0.310 e. The topological polar surface area (TPSA) is 120 Å². The quantitative estimate of drug-likeness (QED) is 0.195. The zero-order chi connectivity index (χ0) is 35.0. The summed E-state index contributed by atoms with van der Waals surface area (Å²) in [4.78, 5) is 26.3. The molecule has 6 rings (SSSR count). The Morgan fingerprint density at radius 1 is 1.12 bits per heavy atom. The van der Waals surface area contributed by atoms with E-state index in [1.807, 2.05) is 45.2 Å². The number of H-pyrrole nitrogens is 1. The molecule has 4 bridgehead atoms. The summed E-state index contributed by atoms with van der Waals surface area (Å²) in [5, 5.41) is 5.54. The van der Waals surface area contributed by atoms with Crippen molar-refractivity contribution in [2.45, 2.75) is 75.0 Å². The minimum atomic E-state index is -3.57. The fraction of sp³-hybridized carbons (Fsp3) is 0.405. The Balaban J connectivity index is 1.51. The predicted molar refractivity (Wildman–Crippen MR) is 190 cm³/mol. The third kappa shape index (κ3) is 7.45. The van der Waals surface area contributed by atoms with Crippen molar-refractivity contribution in [1.29, 1.82) is 0 Å². The first-order chi connectivity index (χ1) is 23.3. The lowest BCUT2D eigenvalue weighted by Crippen LogP contribution is -2.29. The number of carbonyl (C=O) groups is 1. The molecule has 258 valence electrons. The summed E-state index contributed by atoms with van der Waals surface area (Å²) in [5.41, 5.74) is 2.29. The Morgan fingerprint density at radius 3 is 2.65 bits per heavy atom. The number of nitrogens with one attached hydrogen (secondary N) is 1. The molecule has 0 aliphatic carbocycles. The van der Waals surface area contributed by atoms with Crippen LogP contribution in [0.3, 0.4) is 0 Å². The van der Waals surface area contributed by atoms with Crippen LogP contribution in [0, 0.1) is 11.2 Å². The van der Waals surface area contributed by atoms with E-state index in [2.05, 4.69) is 29.0 Å². The SMILES string of the molecule is CCOC(=O)Cc1c[nH]c2cc(F)c3c(c12)CCS(=O)(=O)CC(C)(C)CCC[C@](C)(c1ccccc1)c1nc(n(C)n1)-c1cc(ccn1)S3. The van der Waals surface area contributed by atoms with Crippen molar-refractivity contribution in [3.63, 3.8) is 0 Å². The number of ether oxygens (including phenoxy) is 1. The average Bonchev–Trinajstić information content (AvgIpc) is 3.63. The minimum absolute atomic E-state index is 0.00843. The van der Waals surface area contributed by atoms with Crippen LogP contribution in [0.2, 0.25) is 0 Å². The van der Waals surface area contributed by atoms with Crippen LogP contribution in [-0.4, -0.2) is 57.2 Å². The van der Waals surface area contributed by atoms with Crippen LogP contribution in [0.15, 0.2) is 70.7 Å². The van der Waals surface area contributed by atoms with Gasteiger partial charge in [0, 0.05) is 35.2 Å². The van der Waals surface area contributed by atoms with E-state index in [0.717, 1.165) is 12.0 Å². The Bertz CT molecular complexity index is 2110. The molecule has 0 radical (unpaired) electrons. The molecule has 1 aliphatic rings. The van der Waals surface area contributed by atoms with Crippen molar-refractivity contribution in [1.82, 2.24) is 24.7 Å². The second kappa shape index (κ2) is 13.7. The van der Waals surface area contributed by atoms with Crippen LogP contribution >= 0.6 is 11.8 Å². The molecule has 0 unspecified atom stereocenters. The number of aromatic amines is 1. The van der Waals surface area contributed by atoms with E-state index in [1.54, 1.807) is 30.1 Å². The highest BCUT2D eigenvalue weighted by Crippen LogP contribution is 2.41. The number of halogens is 1. The molecule has 1 aliphatic heterocycles. The molecule has 2 aromatic carbocycles. The van der Waals surface area contributed by atoms with Gasteiger partial charge in [-0.2, -0.15) is 5.10 Å². The van der Waals surface area contributed by atoms with Crippen molar-refractivity contribution in [3.8, 4) is 11.5 Å². The monoisotopic (exact) mass is 703 g/mol. The molecule has 0 amide bonds. The highest BCUT2D eigenvalue weighted by Gasteiger charge is 2.36. The van der Waals surface area contributed by atoms with E-state index >= 15 is 4.39 Å². The van der Waals surface area contributed by atoms with Crippen LogP contribution in [-0.2, 0) is 44.7 Å². The molecule has 0 fully saturated rings.